The minimum atomic E-state index is 0.307. The van der Waals surface area contributed by atoms with Crippen LogP contribution in [-0.4, -0.2) is 10.2 Å². The SMILES string of the molecule is Cc1c(C#N)ccc2c1CC[C@@H]2Nc1ccc2n[nH]c(C)c2c1. The van der Waals surface area contributed by atoms with Crippen LogP contribution in [0, 0.1) is 25.2 Å². The summed E-state index contributed by atoms with van der Waals surface area (Å²) in [5.41, 5.74) is 7.78. The third kappa shape index (κ3) is 2.17. The van der Waals surface area contributed by atoms with E-state index in [1.165, 1.54) is 11.1 Å². The van der Waals surface area contributed by atoms with Crippen molar-refractivity contribution < 1.29 is 0 Å². The van der Waals surface area contributed by atoms with Gasteiger partial charge in [-0.3, -0.25) is 5.10 Å². The average Bonchev–Trinajstić information content (AvgIpc) is 3.13. The molecule has 23 heavy (non-hydrogen) atoms. The van der Waals surface area contributed by atoms with Crippen LogP contribution < -0.4 is 5.32 Å². The second-order valence-electron chi connectivity index (χ2n) is 6.23. The highest BCUT2D eigenvalue weighted by molar-refractivity contribution is 5.84. The molecule has 0 unspecified atom stereocenters. The van der Waals surface area contributed by atoms with Gasteiger partial charge in [0.2, 0.25) is 0 Å². The monoisotopic (exact) mass is 302 g/mol. The van der Waals surface area contributed by atoms with E-state index in [-0.39, 0.29) is 0 Å². The van der Waals surface area contributed by atoms with E-state index < -0.39 is 0 Å². The number of benzene rings is 2. The molecule has 1 heterocycles. The van der Waals surface area contributed by atoms with E-state index in [0.29, 0.717) is 6.04 Å². The summed E-state index contributed by atoms with van der Waals surface area (Å²) in [7, 11) is 0. The minimum Gasteiger partial charge on any atom is -0.378 e. The molecular formula is C19H18N4. The molecular weight excluding hydrogens is 284 g/mol. The summed E-state index contributed by atoms with van der Waals surface area (Å²) in [5, 5.41) is 21.3. The Balaban J connectivity index is 1.67. The highest BCUT2D eigenvalue weighted by Crippen LogP contribution is 2.37. The molecule has 0 bridgehead atoms. The molecule has 4 heteroatoms. The van der Waals surface area contributed by atoms with Crippen molar-refractivity contribution in [1.29, 1.82) is 5.26 Å². The van der Waals surface area contributed by atoms with E-state index in [4.69, 9.17) is 0 Å². The fourth-order valence-corrected chi connectivity index (χ4v) is 3.58. The van der Waals surface area contributed by atoms with Crippen LogP contribution >= 0.6 is 0 Å². The lowest BCUT2D eigenvalue weighted by atomic mass is 9.98. The lowest BCUT2D eigenvalue weighted by Gasteiger charge is -2.16. The second kappa shape index (κ2) is 5.13. The molecule has 2 N–H and O–H groups in total. The molecule has 4 rings (SSSR count). The van der Waals surface area contributed by atoms with Crippen LogP contribution in [0.4, 0.5) is 5.69 Å². The van der Waals surface area contributed by atoms with Gasteiger partial charge in [0.1, 0.15) is 0 Å². The maximum Gasteiger partial charge on any atom is 0.0994 e. The van der Waals surface area contributed by atoms with Gasteiger partial charge in [-0.15, -0.1) is 0 Å². The van der Waals surface area contributed by atoms with Gasteiger partial charge in [0.15, 0.2) is 0 Å². The first-order chi connectivity index (χ1) is 11.2. The fourth-order valence-electron chi connectivity index (χ4n) is 3.58. The number of nitriles is 1. The highest BCUT2D eigenvalue weighted by atomic mass is 15.1. The third-order valence-electron chi connectivity index (χ3n) is 4.90. The molecule has 3 aromatic rings. The van der Waals surface area contributed by atoms with Crippen molar-refractivity contribution in [3.63, 3.8) is 0 Å². The van der Waals surface area contributed by atoms with Gasteiger partial charge in [0.05, 0.1) is 23.2 Å². The second-order valence-corrected chi connectivity index (χ2v) is 6.23. The molecule has 0 aliphatic heterocycles. The summed E-state index contributed by atoms with van der Waals surface area (Å²) < 4.78 is 0. The van der Waals surface area contributed by atoms with Crippen LogP contribution in [-0.2, 0) is 6.42 Å². The zero-order valence-corrected chi connectivity index (χ0v) is 13.3. The van der Waals surface area contributed by atoms with Gasteiger partial charge in [-0.1, -0.05) is 6.07 Å². The van der Waals surface area contributed by atoms with Crippen LogP contribution in [0.25, 0.3) is 10.9 Å². The largest absolute Gasteiger partial charge is 0.378 e. The van der Waals surface area contributed by atoms with Gasteiger partial charge >= 0.3 is 0 Å². The number of fused-ring (bicyclic) bond motifs is 2. The van der Waals surface area contributed by atoms with Crippen LogP contribution in [0.2, 0.25) is 0 Å². The van der Waals surface area contributed by atoms with Crippen LogP contribution in [0.3, 0.4) is 0 Å². The molecule has 1 atom stereocenters. The zero-order valence-electron chi connectivity index (χ0n) is 13.3. The van der Waals surface area contributed by atoms with Crippen LogP contribution in [0.1, 0.15) is 40.4 Å². The molecule has 1 aliphatic carbocycles. The molecule has 0 fully saturated rings. The van der Waals surface area contributed by atoms with Crippen molar-refractivity contribution in [2.24, 2.45) is 0 Å². The summed E-state index contributed by atoms with van der Waals surface area (Å²) in [6, 6.07) is 12.9. The number of nitrogens with zero attached hydrogens (tertiary/aromatic N) is 2. The molecule has 0 spiro atoms. The van der Waals surface area contributed by atoms with E-state index >= 15 is 0 Å². The quantitative estimate of drug-likeness (QED) is 0.747. The first kappa shape index (κ1) is 13.8. The molecule has 0 saturated carbocycles. The van der Waals surface area contributed by atoms with Crippen molar-refractivity contribution >= 4 is 16.6 Å². The first-order valence-electron chi connectivity index (χ1n) is 7.91. The number of nitrogens with one attached hydrogen (secondary N) is 2. The third-order valence-corrected chi connectivity index (χ3v) is 4.90. The Hall–Kier alpha value is -2.80. The summed E-state index contributed by atoms with van der Waals surface area (Å²) in [4.78, 5) is 0. The zero-order chi connectivity index (χ0) is 16.0. The smallest absolute Gasteiger partial charge is 0.0994 e. The van der Waals surface area contributed by atoms with E-state index in [0.717, 1.165) is 46.3 Å². The Kier molecular flexibility index (Phi) is 3.09. The van der Waals surface area contributed by atoms with Gasteiger partial charge in [-0.05, 0) is 67.6 Å². The lowest BCUT2D eigenvalue weighted by Crippen LogP contribution is -2.07. The van der Waals surface area contributed by atoms with Crippen molar-refractivity contribution in [3.8, 4) is 6.07 Å². The normalized spacial score (nSPS) is 16.3. The van der Waals surface area contributed by atoms with Gasteiger partial charge in [-0.2, -0.15) is 10.4 Å². The van der Waals surface area contributed by atoms with Crippen molar-refractivity contribution in [3.05, 3.63) is 58.3 Å². The Bertz CT molecular complexity index is 946. The molecule has 2 aromatic carbocycles. The number of H-pyrrole nitrogens is 1. The summed E-state index contributed by atoms with van der Waals surface area (Å²) in [6.07, 6.45) is 2.09. The number of aromatic amines is 1. The predicted molar refractivity (Wildman–Crippen MR) is 91.4 cm³/mol. The van der Waals surface area contributed by atoms with Crippen molar-refractivity contribution in [1.82, 2.24) is 10.2 Å². The number of aromatic nitrogens is 2. The van der Waals surface area contributed by atoms with E-state index in [1.54, 1.807) is 0 Å². The van der Waals surface area contributed by atoms with Gasteiger partial charge in [0.25, 0.3) is 0 Å². The molecule has 0 amide bonds. The standard InChI is InChI=1S/C19H18N4/c1-11-13(10-20)3-5-16-15(11)6-8-18(16)21-14-4-7-19-17(9-14)12(2)22-23-19/h3-5,7,9,18,21H,6,8H2,1-2H3,(H,22,23)/t18-/m0/s1. The molecule has 4 nitrogen and oxygen atoms in total. The number of aryl methyl sites for hydroxylation is 1. The van der Waals surface area contributed by atoms with Gasteiger partial charge in [-0.25, -0.2) is 0 Å². The molecule has 1 aliphatic rings. The predicted octanol–water partition coefficient (Wildman–Crippen LogP) is 4.15. The molecule has 0 saturated heterocycles. The minimum absolute atomic E-state index is 0.307. The van der Waals surface area contributed by atoms with E-state index in [1.807, 2.05) is 19.1 Å². The molecule has 1 aromatic heterocycles. The van der Waals surface area contributed by atoms with Gasteiger partial charge in [0, 0.05) is 16.8 Å². The van der Waals surface area contributed by atoms with E-state index in [9.17, 15) is 5.26 Å². The van der Waals surface area contributed by atoms with Crippen molar-refractivity contribution in [2.45, 2.75) is 32.7 Å². The Morgan fingerprint density at radius 3 is 2.96 bits per heavy atom. The Morgan fingerprint density at radius 1 is 1.26 bits per heavy atom. The number of rotatable bonds is 2. The summed E-state index contributed by atoms with van der Waals surface area (Å²) in [5.74, 6) is 0. The summed E-state index contributed by atoms with van der Waals surface area (Å²) >= 11 is 0. The summed E-state index contributed by atoms with van der Waals surface area (Å²) in [6.45, 7) is 4.09. The highest BCUT2D eigenvalue weighted by Gasteiger charge is 2.24. The Morgan fingerprint density at radius 2 is 2.13 bits per heavy atom. The van der Waals surface area contributed by atoms with Crippen molar-refractivity contribution in [2.75, 3.05) is 5.32 Å². The molecule has 114 valence electrons. The van der Waals surface area contributed by atoms with Crippen LogP contribution in [0.15, 0.2) is 30.3 Å². The topological polar surface area (TPSA) is 64.5 Å². The lowest BCUT2D eigenvalue weighted by molar-refractivity contribution is 0.762. The number of anilines is 1. The average molecular weight is 302 g/mol. The molecule has 0 radical (unpaired) electrons. The maximum atomic E-state index is 9.18. The maximum absolute atomic E-state index is 9.18. The number of hydrogen-bond donors (Lipinski definition) is 2. The fraction of sp³-hybridized carbons (Fsp3) is 0.263. The Labute approximate surface area is 135 Å². The van der Waals surface area contributed by atoms with Gasteiger partial charge < -0.3 is 5.32 Å². The van der Waals surface area contributed by atoms with E-state index in [2.05, 4.69) is 46.7 Å². The number of hydrogen-bond acceptors (Lipinski definition) is 3. The van der Waals surface area contributed by atoms with Crippen LogP contribution in [0.5, 0.6) is 0 Å². The first-order valence-corrected chi connectivity index (χ1v) is 7.91.